The Bertz CT molecular complexity index is 908. The minimum Gasteiger partial charge on any atom is -0.466 e. The van der Waals surface area contributed by atoms with E-state index in [1.165, 1.54) is 0 Å². The monoisotopic (exact) mass is 427 g/mol. The van der Waals surface area contributed by atoms with E-state index in [0.29, 0.717) is 56.6 Å². The van der Waals surface area contributed by atoms with Gasteiger partial charge in [-0.1, -0.05) is 12.1 Å². The van der Waals surface area contributed by atoms with Gasteiger partial charge in [-0.25, -0.2) is 0 Å². The number of fused-ring (bicyclic) bond motifs is 3. The highest BCUT2D eigenvalue weighted by Crippen LogP contribution is 2.44. The van der Waals surface area contributed by atoms with Gasteiger partial charge in [0.25, 0.3) is 5.91 Å². The number of nitrogens with zero attached hydrogens (tertiary/aromatic N) is 3. The number of amides is 3. The van der Waals surface area contributed by atoms with Crippen LogP contribution in [0.5, 0.6) is 0 Å². The Morgan fingerprint density at radius 2 is 1.87 bits per heavy atom. The third-order valence-corrected chi connectivity index (χ3v) is 6.76. The van der Waals surface area contributed by atoms with Crippen LogP contribution in [-0.4, -0.2) is 65.4 Å². The Balaban J connectivity index is 1.43. The van der Waals surface area contributed by atoms with Crippen LogP contribution >= 0.6 is 0 Å². The molecule has 3 aliphatic rings. The zero-order valence-electron chi connectivity index (χ0n) is 18.1. The van der Waals surface area contributed by atoms with Gasteiger partial charge in [-0.3, -0.25) is 24.1 Å². The fourth-order valence-electron chi connectivity index (χ4n) is 5.03. The quantitative estimate of drug-likeness (QED) is 0.672. The first-order valence-electron chi connectivity index (χ1n) is 11.0. The number of esters is 1. The van der Waals surface area contributed by atoms with Gasteiger partial charge in [-0.05, 0) is 45.2 Å². The number of anilines is 1. The summed E-state index contributed by atoms with van der Waals surface area (Å²) in [7, 11) is 0. The van der Waals surface area contributed by atoms with Crippen LogP contribution in [0.2, 0.25) is 0 Å². The van der Waals surface area contributed by atoms with E-state index in [2.05, 4.69) is 0 Å². The zero-order chi connectivity index (χ0) is 22.2. The average molecular weight is 428 g/mol. The van der Waals surface area contributed by atoms with Crippen molar-refractivity contribution in [1.82, 2.24) is 9.80 Å². The van der Waals surface area contributed by atoms with Crippen LogP contribution in [0.4, 0.5) is 5.69 Å². The molecule has 31 heavy (non-hydrogen) atoms. The minimum atomic E-state index is -0.750. The highest BCUT2D eigenvalue weighted by atomic mass is 16.5. The van der Waals surface area contributed by atoms with Crippen LogP contribution in [0.3, 0.4) is 0 Å². The summed E-state index contributed by atoms with van der Waals surface area (Å²) < 4.78 is 5.09. The van der Waals surface area contributed by atoms with E-state index in [9.17, 15) is 19.2 Å². The Labute approximate surface area is 182 Å². The lowest BCUT2D eigenvalue weighted by Gasteiger charge is -2.48. The molecule has 1 unspecified atom stereocenters. The summed E-state index contributed by atoms with van der Waals surface area (Å²) >= 11 is 0. The van der Waals surface area contributed by atoms with Crippen LogP contribution < -0.4 is 4.90 Å². The molecule has 2 saturated heterocycles. The van der Waals surface area contributed by atoms with Gasteiger partial charge in [0.2, 0.25) is 11.8 Å². The SMILES string of the molecule is CCOC(=O)C1CCN(C(=O)CCN2C(=O)c3ccccc3N3C(=O)CCC23C)CC1. The maximum Gasteiger partial charge on any atom is 0.309 e. The third-order valence-electron chi connectivity index (χ3n) is 6.76. The van der Waals surface area contributed by atoms with Gasteiger partial charge in [-0.15, -0.1) is 0 Å². The number of carbonyl (C=O) groups is 4. The van der Waals surface area contributed by atoms with E-state index in [1.807, 2.05) is 19.1 Å². The smallest absolute Gasteiger partial charge is 0.309 e. The fraction of sp³-hybridized carbons (Fsp3) is 0.565. The molecular formula is C23H29N3O5. The lowest BCUT2D eigenvalue weighted by atomic mass is 9.96. The lowest BCUT2D eigenvalue weighted by molar-refractivity contribution is -0.151. The van der Waals surface area contributed by atoms with Crippen LogP contribution in [-0.2, 0) is 19.1 Å². The highest BCUT2D eigenvalue weighted by molar-refractivity contribution is 6.10. The molecular weight excluding hydrogens is 398 g/mol. The Kier molecular flexibility index (Phi) is 5.73. The van der Waals surface area contributed by atoms with Crippen molar-refractivity contribution in [3.63, 3.8) is 0 Å². The van der Waals surface area contributed by atoms with E-state index in [4.69, 9.17) is 4.74 Å². The standard InChI is InChI=1S/C23H29N3O5/c1-3-31-22(30)16-9-13-24(14-10-16)19(27)11-15-25-21(29)17-6-4-5-7-18(17)26-20(28)8-12-23(25,26)2/h4-7,16H,3,8-15H2,1-2H3. The number of rotatable bonds is 5. The molecule has 1 aromatic rings. The van der Waals surface area contributed by atoms with Gasteiger partial charge in [0.15, 0.2) is 0 Å². The van der Waals surface area contributed by atoms with E-state index in [1.54, 1.807) is 33.8 Å². The normalized spacial score (nSPS) is 23.6. The molecule has 3 amide bonds. The van der Waals surface area contributed by atoms with Crippen molar-refractivity contribution >= 4 is 29.4 Å². The number of carbonyl (C=O) groups excluding carboxylic acids is 4. The summed E-state index contributed by atoms with van der Waals surface area (Å²) in [4.78, 5) is 55.8. The second-order valence-electron chi connectivity index (χ2n) is 8.58. The van der Waals surface area contributed by atoms with E-state index in [-0.39, 0.29) is 42.6 Å². The molecule has 0 aliphatic carbocycles. The van der Waals surface area contributed by atoms with Crippen molar-refractivity contribution in [1.29, 1.82) is 0 Å². The van der Waals surface area contributed by atoms with E-state index < -0.39 is 5.66 Å². The molecule has 3 heterocycles. The zero-order valence-corrected chi connectivity index (χ0v) is 18.1. The topological polar surface area (TPSA) is 87.2 Å². The predicted octanol–water partition coefficient (Wildman–Crippen LogP) is 2.18. The maximum atomic E-state index is 13.3. The summed E-state index contributed by atoms with van der Waals surface area (Å²) in [6.07, 6.45) is 2.31. The number of hydrogen-bond donors (Lipinski definition) is 0. The van der Waals surface area contributed by atoms with Gasteiger partial charge in [0.1, 0.15) is 5.66 Å². The number of ether oxygens (including phenoxy) is 1. The number of piperidine rings is 1. The van der Waals surface area contributed by atoms with Crippen molar-refractivity contribution in [3.05, 3.63) is 29.8 Å². The van der Waals surface area contributed by atoms with Crippen LogP contribution in [0.15, 0.2) is 24.3 Å². The molecule has 2 fully saturated rings. The van der Waals surface area contributed by atoms with Crippen molar-refractivity contribution < 1.29 is 23.9 Å². The van der Waals surface area contributed by atoms with Crippen LogP contribution in [0, 0.1) is 5.92 Å². The molecule has 1 atom stereocenters. The molecule has 8 nitrogen and oxygen atoms in total. The van der Waals surface area contributed by atoms with E-state index >= 15 is 0 Å². The molecule has 4 rings (SSSR count). The van der Waals surface area contributed by atoms with Crippen molar-refractivity contribution in [2.75, 3.05) is 31.1 Å². The Hall–Kier alpha value is -2.90. The second kappa shape index (κ2) is 8.32. The highest BCUT2D eigenvalue weighted by Gasteiger charge is 2.52. The first-order valence-corrected chi connectivity index (χ1v) is 11.0. The number of hydrogen-bond acceptors (Lipinski definition) is 5. The molecule has 1 aromatic carbocycles. The molecule has 166 valence electrons. The molecule has 0 saturated carbocycles. The summed E-state index contributed by atoms with van der Waals surface area (Å²) in [6, 6.07) is 7.16. The first-order chi connectivity index (χ1) is 14.9. The number of benzene rings is 1. The lowest BCUT2D eigenvalue weighted by Crippen LogP contribution is -2.62. The average Bonchev–Trinajstić information content (AvgIpc) is 3.09. The van der Waals surface area contributed by atoms with Gasteiger partial charge < -0.3 is 14.5 Å². The predicted molar refractivity (Wildman–Crippen MR) is 113 cm³/mol. The summed E-state index contributed by atoms with van der Waals surface area (Å²) in [5, 5.41) is 0. The summed E-state index contributed by atoms with van der Waals surface area (Å²) in [5.74, 6) is -0.515. The maximum absolute atomic E-state index is 13.3. The first kappa shape index (κ1) is 21.3. The third kappa shape index (κ3) is 3.68. The van der Waals surface area contributed by atoms with Crippen molar-refractivity contribution in [2.24, 2.45) is 5.92 Å². The molecule has 0 spiro atoms. The number of likely N-dealkylation sites (tertiary alicyclic amines) is 1. The summed E-state index contributed by atoms with van der Waals surface area (Å²) in [5.41, 5.74) is 0.402. The van der Waals surface area contributed by atoms with E-state index in [0.717, 1.165) is 0 Å². The second-order valence-corrected chi connectivity index (χ2v) is 8.58. The van der Waals surface area contributed by atoms with Gasteiger partial charge in [0, 0.05) is 32.5 Å². The molecule has 0 bridgehead atoms. The number of para-hydroxylation sites is 1. The molecule has 8 heteroatoms. The fourth-order valence-corrected chi connectivity index (χ4v) is 5.03. The molecule has 0 N–H and O–H groups in total. The Morgan fingerprint density at radius 3 is 2.58 bits per heavy atom. The van der Waals surface area contributed by atoms with Gasteiger partial charge in [0.05, 0.1) is 23.8 Å². The van der Waals surface area contributed by atoms with Crippen LogP contribution in [0.1, 0.15) is 56.3 Å². The molecule has 3 aliphatic heterocycles. The minimum absolute atomic E-state index is 0.000172. The molecule has 0 aromatic heterocycles. The summed E-state index contributed by atoms with van der Waals surface area (Å²) in [6.45, 7) is 5.34. The largest absolute Gasteiger partial charge is 0.466 e. The Morgan fingerprint density at radius 1 is 1.16 bits per heavy atom. The van der Waals surface area contributed by atoms with Crippen molar-refractivity contribution in [3.8, 4) is 0 Å². The van der Waals surface area contributed by atoms with Gasteiger partial charge >= 0.3 is 5.97 Å². The molecule has 0 radical (unpaired) electrons. The van der Waals surface area contributed by atoms with Gasteiger partial charge in [-0.2, -0.15) is 0 Å². The van der Waals surface area contributed by atoms with Crippen molar-refractivity contribution in [2.45, 2.75) is 51.6 Å². The van der Waals surface area contributed by atoms with Crippen LogP contribution in [0.25, 0.3) is 0 Å².